The number of hydrogen-bond donors (Lipinski definition) is 3. The number of carbonyl (C=O) groups excluding carboxylic acids is 1. The van der Waals surface area contributed by atoms with Crippen molar-refractivity contribution < 1.29 is 22.7 Å². The van der Waals surface area contributed by atoms with Gasteiger partial charge in [-0.3, -0.25) is 9.79 Å². The summed E-state index contributed by atoms with van der Waals surface area (Å²) < 4.78 is 41.3. The lowest BCUT2D eigenvalue weighted by atomic mass is 10.1. The summed E-state index contributed by atoms with van der Waals surface area (Å²) in [6.45, 7) is 2.21. The summed E-state index contributed by atoms with van der Waals surface area (Å²) >= 11 is 0. The van der Waals surface area contributed by atoms with Gasteiger partial charge in [0.05, 0.1) is 0 Å². The van der Waals surface area contributed by atoms with Crippen LogP contribution in [-0.4, -0.2) is 38.2 Å². The number of hydrogen-bond acceptors (Lipinski definition) is 3. The minimum Gasteiger partial charge on any atom is -0.484 e. The quantitative estimate of drug-likeness (QED) is 0.415. The minimum atomic E-state index is -4.36. The molecule has 6 nitrogen and oxygen atoms in total. The average Bonchev–Trinajstić information content (AvgIpc) is 2.76. The Morgan fingerprint density at radius 3 is 2.29 bits per heavy atom. The fourth-order valence-corrected chi connectivity index (χ4v) is 2.62. The van der Waals surface area contributed by atoms with Crippen LogP contribution in [0.2, 0.25) is 0 Å². The van der Waals surface area contributed by atoms with Gasteiger partial charge in [-0.1, -0.05) is 31.2 Å². The van der Waals surface area contributed by atoms with Crippen molar-refractivity contribution >= 4 is 11.9 Å². The molecule has 0 spiro atoms. The van der Waals surface area contributed by atoms with Crippen molar-refractivity contribution in [3.8, 4) is 5.75 Å². The fraction of sp³-hybridized carbons (Fsp3) is 0.364. The molecule has 1 amide bonds. The van der Waals surface area contributed by atoms with Gasteiger partial charge in [-0.2, -0.15) is 13.2 Å². The molecule has 0 aliphatic heterocycles. The molecule has 2 aromatic carbocycles. The highest BCUT2D eigenvalue weighted by Crippen LogP contribution is 2.18. The molecule has 2 aromatic rings. The number of alkyl halides is 3. The molecule has 168 valence electrons. The van der Waals surface area contributed by atoms with E-state index in [9.17, 15) is 18.0 Å². The second kappa shape index (κ2) is 11.8. The van der Waals surface area contributed by atoms with E-state index in [1.165, 1.54) is 12.1 Å². The van der Waals surface area contributed by atoms with Gasteiger partial charge >= 0.3 is 6.18 Å². The topological polar surface area (TPSA) is 74.8 Å². The molecule has 0 aliphatic carbocycles. The van der Waals surface area contributed by atoms with Gasteiger partial charge in [-0.15, -0.1) is 0 Å². The second-order valence-corrected chi connectivity index (χ2v) is 6.78. The predicted molar refractivity (Wildman–Crippen MR) is 114 cm³/mol. The molecular formula is C22H27F3N4O2. The summed E-state index contributed by atoms with van der Waals surface area (Å²) in [6, 6.07) is 13.7. The van der Waals surface area contributed by atoms with Crippen LogP contribution in [-0.2, 0) is 13.1 Å². The third-order valence-electron chi connectivity index (χ3n) is 4.19. The SMILES string of the molecule is CCCNC(=O)c1cccc(CNC(=NC)NCc2ccc(OCC(F)(F)F)cc2)c1. The molecule has 0 saturated carbocycles. The second-order valence-electron chi connectivity index (χ2n) is 6.78. The van der Waals surface area contributed by atoms with E-state index in [1.54, 1.807) is 25.2 Å². The number of amides is 1. The number of halogens is 3. The van der Waals surface area contributed by atoms with Gasteiger partial charge in [0.2, 0.25) is 0 Å². The zero-order chi connectivity index (χ0) is 22.7. The van der Waals surface area contributed by atoms with Gasteiger partial charge in [0.25, 0.3) is 5.91 Å². The highest BCUT2D eigenvalue weighted by Gasteiger charge is 2.28. The van der Waals surface area contributed by atoms with E-state index in [1.807, 2.05) is 25.1 Å². The van der Waals surface area contributed by atoms with Crippen molar-refractivity contribution in [2.75, 3.05) is 20.2 Å². The van der Waals surface area contributed by atoms with E-state index < -0.39 is 12.8 Å². The number of ether oxygens (including phenoxy) is 1. The maximum Gasteiger partial charge on any atom is 0.422 e. The molecule has 0 unspecified atom stereocenters. The Labute approximate surface area is 179 Å². The molecule has 0 bridgehead atoms. The maximum absolute atomic E-state index is 12.2. The third kappa shape index (κ3) is 8.98. The van der Waals surface area contributed by atoms with Crippen molar-refractivity contribution in [2.45, 2.75) is 32.6 Å². The van der Waals surface area contributed by atoms with Crippen LogP contribution in [0.25, 0.3) is 0 Å². The van der Waals surface area contributed by atoms with Crippen molar-refractivity contribution in [2.24, 2.45) is 4.99 Å². The number of benzene rings is 2. The molecule has 0 aromatic heterocycles. The van der Waals surface area contributed by atoms with E-state index in [0.717, 1.165) is 17.5 Å². The van der Waals surface area contributed by atoms with Crippen LogP contribution in [0.3, 0.4) is 0 Å². The number of nitrogens with zero attached hydrogens (tertiary/aromatic N) is 1. The number of nitrogens with one attached hydrogen (secondary N) is 3. The predicted octanol–water partition coefficient (Wildman–Crippen LogP) is 3.63. The van der Waals surface area contributed by atoms with Gasteiger partial charge in [0, 0.05) is 32.2 Å². The highest BCUT2D eigenvalue weighted by atomic mass is 19.4. The summed E-state index contributed by atoms with van der Waals surface area (Å²) in [5.74, 6) is 0.610. The number of guanidine groups is 1. The number of carbonyl (C=O) groups is 1. The lowest BCUT2D eigenvalue weighted by Gasteiger charge is -2.13. The first kappa shape index (κ1) is 24.0. The normalized spacial score (nSPS) is 11.7. The molecule has 0 atom stereocenters. The van der Waals surface area contributed by atoms with Crippen molar-refractivity contribution in [3.05, 3.63) is 65.2 Å². The van der Waals surface area contributed by atoms with Crippen LogP contribution in [0.5, 0.6) is 5.75 Å². The van der Waals surface area contributed by atoms with Crippen LogP contribution in [0.1, 0.15) is 34.8 Å². The molecule has 2 rings (SSSR count). The van der Waals surface area contributed by atoms with E-state index in [4.69, 9.17) is 4.74 Å². The van der Waals surface area contributed by atoms with E-state index in [-0.39, 0.29) is 11.7 Å². The first-order chi connectivity index (χ1) is 14.8. The van der Waals surface area contributed by atoms with Crippen LogP contribution < -0.4 is 20.7 Å². The molecule has 0 aliphatic rings. The van der Waals surface area contributed by atoms with Crippen molar-refractivity contribution in [1.29, 1.82) is 0 Å². The lowest BCUT2D eigenvalue weighted by molar-refractivity contribution is -0.153. The minimum absolute atomic E-state index is 0.103. The van der Waals surface area contributed by atoms with Gasteiger partial charge in [0.1, 0.15) is 5.75 Å². The molecule has 0 saturated heterocycles. The average molecular weight is 436 g/mol. The van der Waals surface area contributed by atoms with Gasteiger partial charge in [-0.25, -0.2) is 0 Å². The van der Waals surface area contributed by atoms with Gasteiger partial charge in [-0.05, 0) is 41.8 Å². The van der Waals surface area contributed by atoms with Gasteiger partial charge < -0.3 is 20.7 Å². The summed E-state index contributed by atoms with van der Waals surface area (Å²) in [5, 5.41) is 9.16. The Bertz CT molecular complexity index is 868. The van der Waals surface area contributed by atoms with Crippen LogP contribution in [0.15, 0.2) is 53.5 Å². The molecule has 31 heavy (non-hydrogen) atoms. The monoisotopic (exact) mass is 436 g/mol. The van der Waals surface area contributed by atoms with Crippen LogP contribution >= 0.6 is 0 Å². The largest absolute Gasteiger partial charge is 0.484 e. The van der Waals surface area contributed by atoms with E-state index >= 15 is 0 Å². The smallest absolute Gasteiger partial charge is 0.422 e. The zero-order valence-electron chi connectivity index (χ0n) is 17.6. The third-order valence-corrected chi connectivity index (χ3v) is 4.19. The maximum atomic E-state index is 12.2. The Hall–Kier alpha value is -3.23. The fourth-order valence-electron chi connectivity index (χ4n) is 2.62. The zero-order valence-corrected chi connectivity index (χ0v) is 17.6. The highest BCUT2D eigenvalue weighted by molar-refractivity contribution is 5.94. The number of aliphatic imine (C=N–C) groups is 1. The first-order valence-corrected chi connectivity index (χ1v) is 9.91. The lowest BCUT2D eigenvalue weighted by Crippen LogP contribution is -2.36. The standard InChI is InChI=1S/C22H27F3N4O2/c1-3-11-27-20(30)18-6-4-5-17(12-18)14-29-21(26-2)28-13-16-7-9-19(10-8-16)31-15-22(23,24)25/h4-10,12H,3,11,13-15H2,1-2H3,(H,27,30)(H2,26,28,29). The molecular weight excluding hydrogens is 409 g/mol. The Morgan fingerprint density at radius 1 is 1.00 bits per heavy atom. The van der Waals surface area contributed by atoms with Crippen LogP contribution in [0.4, 0.5) is 13.2 Å². The number of rotatable bonds is 9. The van der Waals surface area contributed by atoms with Crippen molar-refractivity contribution in [1.82, 2.24) is 16.0 Å². The van der Waals surface area contributed by atoms with Gasteiger partial charge in [0.15, 0.2) is 12.6 Å². The Balaban J connectivity index is 1.83. The van der Waals surface area contributed by atoms with E-state index in [2.05, 4.69) is 20.9 Å². The van der Waals surface area contributed by atoms with Crippen LogP contribution in [0, 0.1) is 0 Å². The Morgan fingerprint density at radius 2 is 1.68 bits per heavy atom. The first-order valence-electron chi connectivity index (χ1n) is 9.91. The molecule has 0 heterocycles. The summed E-state index contributed by atoms with van der Waals surface area (Å²) in [5.41, 5.74) is 2.39. The molecule has 0 fully saturated rings. The molecule has 9 heteroatoms. The molecule has 3 N–H and O–H groups in total. The summed E-state index contributed by atoms with van der Waals surface area (Å²) in [6.07, 6.45) is -3.49. The summed E-state index contributed by atoms with van der Waals surface area (Å²) in [4.78, 5) is 16.2. The molecule has 0 radical (unpaired) electrons. The Kier molecular flexibility index (Phi) is 9.17. The summed E-state index contributed by atoms with van der Waals surface area (Å²) in [7, 11) is 1.64. The van der Waals surface area contributed by atoms with E-state index in [0.29, 0.717) is 31.2 Å². The van der Waals surface area contributed by atoms with Crippen molar-refractivity contribution in [3.63, 3.8) is 0 Å².